The van der Waals surface area contributed by atoms with Gasteiger partial charge in [-0.25, -0.2) is 0 Å². The van der Waals surface area contributed by atoms with E-state index in [1.165, 1.54) is 6.07 Å². The zero-order valence-electron chi connectivity index (χ0n) is 13.1. The van der Waals surface area contributed by atoms with E-state index < -0.39 is 0 Å². The molecule has 1 aromatic carbocycles. The number of aryl methyl sites for hydroxylation is 1. The number of benzene rings is 1. The lowest BCUT2D eigenvalue weighted by atomic mass is 9.91. The molecule has 4 rings (SSSR count). The minimum absolute atomic E-state index is 0.0436. The van der Waals surface area contributed by atoms with E-state index in [0.29, 0.717) is 11.5 Å². The van der Waals surface area contributed by atoms with Crippen LogP contribution in [0.1, 0.15) is 35.7 Å². The van der Waals surface area contributed by atoms with Crippen molar-refractivity contribution in [3.63, 3.8) is 0 Å². The van der Waals surface area contributed by atoms with Crippen molar-refractivity contribution >= 4 is 5.91 Å². The van der Waals surface area contributed by atoms with E-state index in [0.717, 1.165) is 36.1 Å². The van der Waals surface area contributed by atoms with Crippen molar-refractivity contribution in [3.8, 4) is 11.5 Å². The molecular weight excluding hydrogens is 308 g/mol. The Labute approximate surface area is 138 Å². The van der Waals surface area contributed by atoms with E-state index in [1.807, 2.05) is 24.3 Å². The Hall–Kier alpha value is -2.76. The summed E-state index contributed by atoms with van der Waals surface area (Å²) in [5.74, 6) is 1.35. The molecule has 2 heterocycles. The maximum absolute atomic E-state index is 12.4. The largest absolute Gasteiger partial charge is 0.454 e. The second-order valence-corrected chi connectivity index (χ2v) is 6.13. The lowest BCUT2D eigenvalue weighted by Gasteiger charge is -2.26. The van der Waals surface area contributed by atoms with E-state index >= 15 is 0 Å². The monoisotopic (exact) mass is 326 g/mol. The standard InChI is InChI=1S/C18H18N2O4/c21-17-7-5-12-13(19-17)2-1-3-14(12)20-18(22)9-11-4-6-15-16(8-11)24-10-23-15/h4-8,14H,1-3,9-10H2,(H,19,21)(H,20,22)/t14-/m0/s1. The van der Waals surface area contributed by atoms with Crippen LogP contribution in [0.3, 0.4) is 0 Å². The number of ether oxygens (including phenoxy) is 2. The molecule has 1 aromatic heterocycles. The van der Waals surface area contributed by atoms with Gasteiger partial charge in [-0.3, -0.25) is 9.59 Å². The van der Waals surface area contributed by atoms with Crippen LogP contribution in [0.15, 0.2) is 35.1 Å². The summed E-state index contributed by atoms with van der Waals surface area (Å²) in [7, 11) is 0. The predicted molar refractivity (Wildman–Crippen MR) is 87.2 cm³/mol. The molecule has 0 spiro atoms. The molecule has 124 valence electrons. The maximum Gasteiger partial charge on any atom is 0.248 e. The van der Waals surface area contributed by atoms with Crippen molar-refractivity contribution in [1.82, 2.24) is 10.3 Å². The van der Waals surface area contributed by atoms with Crippen LogP contribution < -0.4 is 20.3 Å². The molecule has 0 unspecified atom stereocenters. The van der Waals surface area contributed by atoms with Crippen molar-refractivity contribution in [2.24, 2.45) is 0 Å². The zero-order valence-corrected chi connectivity index (χ0v) is 13.1. The number of pyridine rings is 1. The molecule has 1 aliphatic carbocycles. The predicted octanol–water partition coefficient (Wildman–Crippen LogP) is 1.84. The summed E-state index contributed by atoms with van der Waals surface area (Å²) in [5, 5.41) is 3.08. The molecular formula is C18H18N2O4. The van der Waals surface area contributed by atoms with Crippen molar-refractivity contribution in [2.45, 2.75) is 31.7 Å². The highest BCUT2D eigenvalue weighted by molar-refractivity contribution is 5.79. The van der Waals surface area contributed by atoms with Gasteiger partial charge in [0.1, 0.15) is 0 Å². The number of H-pyrrole nitrogens is 1. The topological polar surface area (TPSA) is 80.4 Å². The van der Waals surface area contributed by atoms with Crippen molar-refractivity contribution in [3.05, 3.63) is 57.5 Å². The summed E-state index contributed by atoms with van der Waals surface area (Å²) >= 11 is 0. The smallest absolute Gasteiger partial charge is 0.248 e. The average molecular weight is 326 g/mol. The fourth-order valence-electron chi connectivity index (χ4n) is 3.33. The first-order valence-corrected chi connectivity index (χ1v) is 8.09. The molecule has 0 fully saturated rings. The van der Waals surface area contributed by atoms with Crippen molar-refractivity contribution in [2.75, 3.05) is 6.79 Å². The van der Waals surface area contributed by atoms with Crippen molar-refractivity contribution < 1.29 is 14.3 Å². The third-order valence-electron chi connectivity index (χ3n) is 4.47. The minimum atomic E-state index is -0.0962. The molecule has 6 nitrogen and oxygen atoms in total. The second-order valence-electron chi connectivity index (χ2n) is 6.13. The Morgan fingerprint density at radius 1 is 1.21 bits per heavy atom. The molecule has 0 saturated heterocycles. The third-order valence-corrected chi connectivity index (χ3v) is 4.47. The Kier molecular flexibility index (Phi) is 3.72. The van der Waals surface area contributed by atoms with Crippen LogP contribution in [0.25, 0.3) is 0 Å². The van der Waals surface area contributed by atoms with Crippen LogP contribution in [-0.4, -0.2) is 17.7 Å². The summed E-state index contributed by atoms with van der Waals surface area (Å²) in [6.07, 6.45) is 2.96. The summed E-state index contributed by atoms with van der Waals surface area (Å²) in [4.78, 5) is 26.7. The fraction of sp³-hybridized carbons (Fsp3) is 0.333. The van der Waals surface area contributed by atoms with Crippen LogP contribution in [-0.2, 0) is 17.6 Å². The molecule has 2 N–H and O–H groups in total. The van der Waals surface area contributed by atoms with Crippen LogP contribution in [0.4, 0.5) is 0 Å². The van der Waals surface area contributed by atoms with E-state index in [2.05, 4.69) is 10.3 Å². The SMILES string of the molecule is O=C(Cc1ccc2c(c1)OCO2)N[C@H]1CCCc2[nH]c(=O)ccc21. The number of nitrogens with one attached hydrogen (secondary N) is 2. The van der Waals surface area contributed by atoms with Gasteiger partial charge in [-0.1, -0.05) is 6.07 Å². The normalized spacial score (nSPS) is 18.1. The Morgan fingerprint density at radius 2 is 2.08 bits per heavy atom. The molecule has 2 aromatic rings. The molecule has 6 heteroatoms. The molecule has 1 amide bonds. The van der Waals surface area contributed by atoms with Gasteiger partial charge >= 0.3 is 0 Å². The number of carbonyl (C=O) groups is 1. The third kappa shape index (κ3) is 2.87. The lowest BCUT2D eigenvalue weighted by molar-refractivity contribution is -0.121. The van der Waals surface area contributed by atoms with Gasteiger partial charge in [-0.2, -0.15) is 0 Å². The number of hydrogen-bond donors (Lipinski definition) is 2. The number of fused-ring (bicyclic) bond motifs is 2. The summed E-state index contributed by atoms with van der Waals surface area (Å²) in [6, 6.07) is 8.83. The van der Waals surface area contributed by atoms with Gasteiger partial charge in [-0.15, -0.1) is 0 Å². The average Bonchev–Trinajstić information content (AvgIpc) is 3.02. The Balaban J connectivity index is 1.46. The first-order valence-electron chi connectivity index (χ1n) is 8.09. The first kappa shape index (κ1) is 14.8. The highest BCUT2D eigenvalue weighted by atomic mass is 16.7. The Bertz CT molecular complexity index is 843. The summed E-state index contributed by atoms with van der Waals surface area (Å²) in [6.45, 7) is 0.224. The highest BCUT2D eigenvalue weighted by Gasteiger charge is 2.23. The molecule has 24 heavy (non-hydrogen) atoms. The first-order chi connectivity index (χ1) is 11.7. The van der Waals surface area contributed by atoms with Gasteiger partial charge in [0.2, 0.25) is 18.3 Å². The lowest BCUT2D eigenvalue weighted by Crippen LogP contribution is -2.33. The van der Waals surface area contributed by atoms with E-state index in [4.69, 9.17) is 9.47 Å². The number of amides is 1. The van der Waals surface area contributed by atoms with Gasteiger partial charge in [0.15, 0.2) is 11.5 Å². The van der Waals surface area contributed by atoms with Gasteiger partial charge in [0.25, 0.3) is 0 Å². The van der Waals surface area contributed by atoms with Gasteiger partial charge < -0.3 is 19.8 Å². The van der Waals surface area contributed by atoms with Gasteiger partial charge in [0.05, 0.1) is 12.5 Å². The molecule has 0 bridgehead atoms. The highest BCUT2D eigenvalue weighted by Crippen LogP contribution is 2.33. The molecule has 0 saturated carbocycles. The number of hydrogen-bond acceptors (Lipinski definition) is 4. The quantitative estimate of drug-likeness (QED) is 0.902. The maximum atomic E-state index is 12.4. The van der Waals surface area contributed by atoms with Crippen molar-refractivity contribution in [1.29, 1.82) is 0 Å². The molecule has 1 aliphatic heterocycles. The molecule has 0 radical (unpaired) electrons. The Morgan fingerprint density at radius 3 is 3.00 bits per heavy atom. The fourth-order valence-corrected chi connectivity index (χ4v) is 3.33. The van der Waals surface area contributed by atoms with E-state index in [1.54, 1.807) is 0 Å². The molecule has 1 atom stereocenters. The second kappa shape index (κ2) is 6.03. The van der Waals surface area contributed by atoms with Gasteiger partial charge in [-0.05, 0) is 48.6 Å². The zero-order chi connectivity index (χ0) is 16.5. The summed E-state index contributed by atoms with van der Waals surface area (Å²) < 4.78 is 10.6. The number of rotatable bonds is 3. The number of carbonyl (C=O) groups excluding carboxylic acids is 1. The summed E-state index contributed by atoms with van der Waals surface area (Å²) in [5.41, 5.74) is 2.73. The number of aromatic nitrogens is 1. The van der Waals surface area contributed by atoms with Crippen LogP contribution in [0.2, 0.25) is 0 Å². The van der Waals surface area contributed by atoms with Crippen LogP contribution in [0.5, 0.6) is 11.5 Å². The van der Waals surface area contributed by atoms with Gasteiger partial charge in [0, 0.05) is 11.8 Å². The van der Waals surface area contributed by atoms with Crippen LogP contribution >= 0.6 is 0 Å². The van der Waals surface area contributed by atoms with E-state index in [9.17, 15) is 9.59 Å². The number of aromatic amines is 1. The minimum Gasteiger partial charge on any atom is -0.454 e. The molecule has 2 aliphatic rings. The van der Waals surface area contributed by atoms with E-state index in [-0.39, 0.29) is 30.7 Å². The van der Waals surface area contributed by atoms with Crippen LogP contribution in [0, 0.1) is 0 Å².